The van der Waals surface area contributed by atoms with Gasteiger partial charge in [-0.1, -0.05) is 0 Å². The van der Waals surface area contributed by atoms with Crippen molar-refractivity contribution in [1.82, 2.24) is 15.1 Å². The zero-order valence-electron chi connectivity index (χ0n) is 12.9. The summed E-state index contributed by atoms with van der Waals surface area (Å²) in [5.74, 6) is 0.848. The standard InChI is InChI=1S/C15H31N3O/c1-13-10-18(11-14(2)19-13)8-7-17(3)12-15-5-4-6-16-9-15/h13-16H,4-12H2,1-3H3/t13-,14+,15?. The zero-order chi connectivity index (χ0) is 13.7. The second kappa shape index (κ2) is 7.58. The maximum Gasteiger partial charge on any atom is 0.0678 e. The molecule has 3 atom stereocenters. The summed E-state index contributed by atoms with van der Waals surface area (Å²) in [7, 11) is 2.27. The molecule has 0 aromatic heterocycles. The second-order valence-electron chi connectivity index (χ2n) is 6.49. The van der Waals surface area contributed by atoms with Crippen molar-refractivity contribution in [3.05, 3.63) is 0 Å². The molecule has 19 heavy (non-hydrogen) atoms. The Morgan fingerprint density at radius 3 is 2.63 bits per heavy atom. The molecule has 2 aliphatic heterocycles. The molecule has 112 valence electrons. The van der Waals surface area contributed by atoms with Gasteiger partial charge in [-0.2, -0.15) is 0 Å². The number of rotatable bonds is 5. The van der Waals surface area contributed by atoms with Crippen molar-refractivity contribution in [1.29, 1.82) is 0 Å². The van der Waals surface area contributed by atoms with Crippen LogP contribution in [0.5, 0.6) is 0 Å². The van der Waals surface area contributed by atoms with Crippen molar-refractivity contribution in [2.75, 3.05) is 52.9 Å². The SMILES string of the molecule is C[C@@H]1CN(CCN(C)CC2CCCNC2)C[C@H](C)O1. The first-order chi connectivity index (χ1) is 9.13. The fraction of sp³-hybridized carbons (Fsp3) is 1.00. The van der Waals surface area contributed by atoms with Crippen LogP contribution in [0.2, 0.25) is 0 Å². The van der Waals surface area contributed by atoms with Crippen LogP contribution in [0, 0.1) is 5.92 Å². The Bertz CT molecular complexity index is 246. The van der Waals surface area contributed by atoms with Gasteiger partial charge in [0.25, 0.3) is 0 Å². The summed E-state index contributed by atoms with van der Waals surface area (Å²) in [5, 5.41) is 3.50. The summed E-state index contributed by atoms with van der Waals surface area (Å²) >= 11 is 0. The number of ether oxygens (including phenoxy) is 1. The largest absolute Gasteiger partial charge is 0.373 e. The highest BCUT2D eigenvalue weighted by Gasteiger charge is 2.22. The number of morpholine rings is 1. The summed E-state index contributed by atoms with van der Waals surface area (Å²) < 4.78 is 5.78. The molecule has 4 heteroatoms. The van der Waals surface area contributed by atoms with Gasteiger partial charge in [-0.15, -0.1) is 0 Å². The van der Waals surface area contributed by atoms with Crippen molar-refractivity contribution in [2.24, 2.45) is 5.92 Å². The predicted octanol–water partition coefficient (Wildman–Crippen LogP) is 1.03. The smallest absolute Gasteiger partial charge is 0.0678 e. The number of likely N-dealkylation sites (N-methyl/N-ethyl adjacent to an activating group) is 1. The van der Waals surface area contributed by atoms with Gasteiger partial charge < -0.3 is 15.0 Å². The Hall–Kier alpha value is -0.160. The van der Waals surface area contributed by atoms with Gasteiger partial charge in [0.1, 0.15) is 0 Å². The third kappa shape index (κ3) is 5.38. The Balaban J connectivity index is 1.63. The number of nitrogens with one attached hydrogen (secondary N) is 1. The van der Waals surface area contributed by atoms with Crippen LogP contribution in [0.1, 0.15) is 26.7 Å². The molecule has 2 aliphatic rings. The summed E-state index contributed by atoms with van der Waals surface area (Å²) in [6, 6.07) is 0. The minimum absolute atomic E-state index is 0.386. The zero-order valence-corrected chi connectivity index (χ0v) is 12.9. The van der Waals surface area contributed by atoms with E-state index < -0.39 is 0 Å². The predicted molar refractivity (Wildman–Crippen MR) is 79.5 cm³/mol. The first kappa shape index (κ1) is 15.2. The van der Waals surface area contributed by atoms with E-state index in [1.54, 1.807) is 0 Å². The van der Waals surface area contributed by atoms with Gasteiger partial charge in [-0.3, -0.25) is 4.90 Å². The molecular formula is C15H31N3O. The van der Waals surface area contributed by atoms with Crippen LogP contribution in [0.3, 0.4) is 0 Å². The van der Waals surface area contributed by atoms with Gasteiger partial charge >= 0.3 is 0 Å². The topological polar surface area (TPSA) is 27.7 Å². The number of piperidine rings is 1. The van der Waals surface area contributed by atoms with E-state index >= 15 is 0 Å². The van der Waals surface area contributed by atoms with Crippen molar-refractivity contribution < 1.29 is 4.74 Å². The quantitative estimate of drug-likeness (QED) is 0.807. The average molecular weight is 269 g/mol. The van der Waals surface area contributed by atoms with E-state index in [-0.39, 0.29) is 0 Å². The van der Waals surface area contributed by atoms with E-state index in [4.69, 9.17) is 4.74 Å². The van der Waals surface area contributed by atoms with Crippen LogP contribution in [0.15, 0.2) is 0 Å². The average Bonchev–Trinajstić information content (AvgIpc) is 2.36. The summed E-state index contributed by atoms with van der Waals surface area (Å²) in [6.07, 6.45) is 3.51. The van der Waals surface area contributed by atoms with Gasteiger partial charge in [-0.05, 0) is 52.7 Å². The van der Waals surface area contributed by atoms with Crippen LogP contribution in [-0.4, -0.2) is 74.9 Å². The molecule has 2 fully saturated rings. The second-order valence-corrected chi connectivity index (χ2v) is 6.49. The van der Waals surface area contributed by atoms with E-state index in [0.717, 1.165) is 19.0 Å². The molecule has 2 saturated heterocycles. The molecule has 0 amide bonds. The van der Waals surface area contributed by atoms with E-state index in [9.17, 15) is 0 Å². The molecule has 1 unspecified atom stereocenters. The Kier molecular flexibility index (Phi) is 6.07. The van der Waals surface area contributed by atoms with Gasteiger partial charge in [0.2, 0.25) is 0 Å². The molecule has 0 bridgehead atoms. The van der Waals surface area contributed by atoms with Gasteiger partial charge in [0.05, 0.1) is 12.2 Å². The Labute approximate surface area is 118 Å². The molecule has 0 spiro atoms. The number of hydrogen-bond acceptors (Lipinski definition) is 4. The molecule has 0 aromatic rings. The first-order valence-electron chi connectivity index (χ1n) is 7.90. The summed E-state index contributed by atoms with van der Waals surface area (Å²) in [5.41, 5.74) is 0. The fourth-order valence-corrected chi connectivity index (χ4v) is 3.39. The van der Waals surface area contributed by atoms with Crippen LogP contribution >= 0.6 is 0 Å². The minimum Gasteiger partial charge on any atom is -0.373 e. The lowest BCUT2D eigenvalue weighted by atomic mass is 9.99. The monoisotopic (exact) mass is 269 g/mol. The van der Waals surface area contributed by atoms with Gasteiger partial charge in [-0.25, -0.2) is 0 Å². The third-order valence-electron chi connectivity index (χ3n) is 4.26. The minimum atomic E-state index is 0.386. The normalized spacial score (nSPS) is 33.8. The molecule has 4 nitrogen and oxygen atoms in total. The lowest BCUT2D eigenvalue weighted by Gasteiger charge is -2.36. The van der Waals surface area contributed by atoms with Gasteiger partial charge in [0.15, 0.2) is 0 Å². The number of nitrogens with zero attached hydrogens (tertiary/aromatic N) is 2. The third-order valence-corrected chi connectivity index (χ3v) is 4.26. The van der Waals surface area contributed by atoms with Crippen molar-refractivity contribution >= 4 is 0 Å². The van der Waals surface area contributed by atoms with E-state index in [1.807, 2.05) is 0 Å². The molecule has 0 aromatic carbocycles. The fourth-order valence-electron chi connectivity index (χ4n) is 3.39. The maximum atomic E-state index is 5.78. The Morgan fingerprint density at radius 2 is 2.00 bits per heavy atom. The molecule has 1 N–H and O–H groups in total. The van der Waals surface area contributed by atoms with Crippen molar-refractivity contribution in [2.45, 2.75) is 38.9 Å². The van der Waals surface area contributed by atoms with Crippen LogP contribution in [0.4, 0.5) is 0 Å². The maximum absolute atomic E-state index is 5.78. The highest BCUT2D eigenvalue weighted by atomic mass is 16.5. The highest BCUT2D eigenvalue weighted by molar-refractivity contribution is 4.75. The van der Waals surface area contributed by atoms with Crippen molar-refractivity contribution in [3.8, 4) is 0 Å². The molecular weight excluding hydrogens is 238 g/mol. The Morgan fingerprint density at radius 1 is 1.26 bits per heavy atom. The lowest BCUT2D eigenvalue weighted by Crippen LogP contribution is -2.48. The molecule has 2 rings (SSSR count). The van der Waals surface area contributed by atoms with E-state index in [2.05, 4.69) is 36.0 Å². The van der Waals surface area contributed by atoms with Crippen LogP contribution < -0.4 is 5.32 Å². The van der Waals surface area contributed by atoms with E-state index in [1.165, 1.54) is 45.6 Å². The molecule has 0 saturated carbocycles. The number of hydrogen-bond donors (Lipinski definition) is 1. The van der Waals surface area contributed by atoms with E-state index in [0.29, 0.717) is 12.2 Å². The van der Waals surface area contributed by atoms with Crippen molar-refractivity contribution in [3.63, 3.8) is 0 Å². The van der Waals surface area contributed by atoms with Crippen LogP contribution in [0.25, 0.3) is 0 Å². The summed E-state index contributed by atoms with van der Waals surface area (Å²) in [6.45, 7) is 12.5. The molecule has 0 radical (unpaired) electrons. The van der Waals surface area contributed by atoms with Crippen LogP contribution in [-0.2, 0) is 4.74 Å². The lowest BCUT2D eigenvalue weighted by molar-refractivity contribution is -0.0691. The summed E-state index contributed by atoms with van der Waals surface area (Å²) in [4.78, 5) is 5.05. The highest BCUT2D eigenvalue weighted by Crippen LogP contribution is 2.12. The molecule has 0 aliphatic carbocycles. The first-order valence-corrected chi connectivity index (χ1v) is 7.90. The molecule has 2 heterocycles. The van der Waals surface area contributed by atoms with Gasteiger partial charge in [0, 0.05) is 32.7 Å².